The third kappa shape index (κ3) is 6.15. The number of aromatic amines is 1. The lowest BCUT2D eigenvalue weighted by Crippen LogP contribution is -2.55. The van der Waals surface area contributed by atoms with Crippen LogP contribution in [0.4, 0.5) is 5.69 Å². The van der Waals surface area contributed by atoms with Crippen molar-refractivity contribution in [1.82, 2.24) is 15.2 Å². The number of nitrogens with zero attached hydrogens (tertiary/aromatic N) is 1. The zero-order chi connectivity index (χ0) is 30.3. The largest absolute Gasteiger partial charge is 0.359 e. The molecule has 1 saturated heterocycles. The van der Waals surface area contributed by atoms with Crippen LogP contribution in [0.15, 0.2) is 41.3 Å². The van der Waals surface area contributed by atoms with E-state index in [1.54, 1.807) is 30.3 Å². The minimum atomic E-state index is -3.82. The molecule has 5 rings (SSSR count). The summed E-state index contributed by atoms with van der Waals surface area (Å²) in [5, 5.41) is 6.82. The fourth-order valence-electron chi connectivity index (χ4n) is 5.85. The van der Waals surface area contributed by atoms with Gasteiger partial charge in [0.25, 0.3) is 5.91 Å². The highest BCUT2D eigenvalue weighted by molar-refractivity contribution is 7.90. The fraction of sp³-hybridized carbons (Fsp3) is 0.355. The molecule has 0 saturated carbocycles. The maximum atomic E-state index is 13.3. The van der Waals surface area contributed by atoms with Crippen molar-refractivity contribution in [2.24, 2.45) is 0 Å². The number of rotatable bonds is 7. The third-order valence-electron chi connectivity index (χ3n) is 7.95. The number of piperazine rings is 1. The molecule has 0 unspecified atom stereocenters. The topological polar surface area (TPSA) is 111 Å². The molecule has 0 radical (unpaired) electrons. The molecule has 1 fully saturated rings. The maximum Gasteiger partial charge on any atom is 0.256 e. The second-order valence-corrected chi connectivity index (χ2v) is 14.0. The van der Waals surface area contributed by atoms with Gasteiger partial charge in [0.2, 0.25) is 5.91 Å². The minimum absolute atomic E-state index is 0.0646. The SMILES string of the molecule is Cc1[nH]c(C=C2C(=O)Nc3ccc(S(=O)(=O)Cc4c(Cl)cccc4Cl)cc32)c(C)c1CCC(=O)N1C[C@@H](C)N[C@@H](C)C1. The van der Waals surface area contributed by atoms with Gasteiger partial charge in [0.15, 0.2) is 9.84 Å². The third-order valence-corrected chi connectivity index (χ3v) is 10.3. The first-order chi connectivity index (χ1) is 19.8. The number of hydrogen-bond acceptors (Lipinski definition) is 5. The monoisotopic (exact) mass is 628 g/mol. The van der Waals surface area contributed by atoms with Crippen LogP contribution in [0, 0.1) is 13.8 Å². The van der Waals surface area contributed by atoms with E-state index in [-0.39, 0.29) is 44.6 Å². The second kappa shape index (κ2) is 11.9. The van der Waals surface area contributed by atoms with Gasteiger partial charge in [-0.05, 0) is 81.7 Å². The number of nitrogens with one attached hydrogen (secondary N) is 3. The summed E-state index contributed by atoms with van der Waals surface area (Å²) in [7, 11) is -3.82. The molecule has 1 aromatic heterocycles. The number of benzene rings is 2. The molecule has 2 aliphatic heterocycles. The molecule has 8 nitrogen and oxygen atoms in total. The van der Waals surface area contributed by atoms with Crippen molar-refractivity contribution in [1.29, 1.82) is 0 Å². The molecule has 2 atom stereocenters. The molecule has 0 spiro atoms. The van der Waals surface area contributed by atoms with Gasteiger partial charge in [-0.2, -0.15) is 0 Å². The summed E-state index contributed by atoms with van der Waals surface area (Å²) in [5.74, 6) is -0.557. The van der Waals surface area contributed by atoms with Gasteiger partial charge in [-0.25, -0.2) is 8.42 Å². The first kappa shape index (κ1) is 30.4. The van der Waals surface area contributed by atoms with Crippen molar-refractivity contribution in [3.63, 3.8) is 0 Å². The highest BCUT2D eigenvalue weighted by atomic mass is 35.5. The summed E-state index contributed by atoms with van der Waals surface area (Å²) < 4.78 is 26.7. The van der Waals surface area contributed by atoms with Gasteiger partial charge in [0.05, 0.1) is 16.2 Å². The van der Waals surface area contributed by atoms with E-state index >= 15 is 0 Å². The molecule has 3 N–H and O–H groups in total. The van der Waals surface area contributed by atoms with E-state index in [1.807, 2.05) is 18.7 Å². The number of aromatic nitrogens is 1. The lowest BCUT2D eigenvalue weighted by Gasteiger charge is -2.36. The zero-order valence-electron chi connectivity index (χ0n) is 24.0. The number of carbonyl (C=O) groups is 2. The first-order valence-electron chi connectivity index (χ1n) is 13.9. The van der Waals surface area contributed by atoms with Crippen LogP contribution >= 0.6 is 23.2 Å². The number of anilines is 1. The number of fused-ring (bicyclic) bond motifs is 1. The van der Waals surface area contributed by atoms with E-state index in [2.05, 4.69) is 29.5 Å². The summed E-state index contributed by atoms with van der Waals surface area (Å²) in [4.78, 5) is 31.3. The Labute approximate surface area is 256 Å². The van der Waals surface area contributed by atoms with Crippen LogP contribution < -0.4 is 10.6 Å². The molecule has 2 amide bonds. The second-order valence-electron chi connectivity index (χ2n) is 11.2. The Kier molecular flexibility index (Phi) is 8.58. The van der Waals surface area contributed by atoms with Crippen LogP contribution in [0.25, 0.3) is 11.6 Å². The minimum Gasteiger partial charge on any atom is -0.359 e. The van der Waals surface area contributed by atoms with Crippen molar-refractivity contribution in [3.8, 4) is 0 Å². The molecule has 0 bridgehead atoms. The van der Waals surface area contributed by atoms with Crippen LogP contribution in [0.3, 0.4) is 0 Å². The lowest BCUT2D eigenvalue weighted by atomic mass is 10.0. The Morgan fingerprint density at radius 2 is 1.71 bits per heavy atom. The lowest BCUT2D eigenvalue weighted by molar-refractivity contribution is -0.132. The van der Waals surface area contributed by atoms with E-state index in [4.69, 9.17) is 23.2 Å². The molecule has 2 aliphatic rings. The Bertz CT molecular complexity index is 1680. The van der Waals surface area contributed by atoms with Gasteiger partial charge in [-0.15, -0.1) is 0 Å². The summed E-state index contributed by atoms with van der Waals surface area (Å²) >= 11 is 12.5. The number of aryl methyl sites for hydroxylation is 1. The Morgan fingerprint density at radius 1 is 1.05 bits per heavy atom. The Morgan fingerprint density at radius 3 is 2.38 bits per heavy atom. The molecule has 222 valence electrons. The molecule has 11 heteroatoms. The van der Waals surface area contributed by atoms with Gasteiger partial charge < -0.3 is 20.5 Å². The predicted molar refractivity (Wildman–Crippen MR) is 168 cm³/mol. The summed E-state index contributed by atoms with van der Waals surface area (Å²) in [6.45, 7) is 9.48. The van der Waals surface area contributed by atoms with E-state index in [9.17, 15) is 18.0 Å². The predicted octanol–water partition coefficient (Wildman–Crippen LogP) is 5.55. The summed E-state index contributed by atoms with van der Waals surface area (Å²) in [5.41, 5.74) is 5.38. The maximum absolute atomic E-state index is 13.3. The van der Waals surface area contributed by atoms with Crippen molar-refractivity contribution in [3.05, 3.63) is 80.1 Å². The molecular formula is C31H34Cl2N4O4S. The van der Waals surface area contributed by atoms with Crippen LogP contribution in [-0.4, -0.2) is 55.3 Å². The van der Waals surface area contributed by atoms with Crippen molar-refractivity contribution >= 4 is 62.2 Å². The standard InChI is InChI=1S/C31H34Cl2N4O4S/c1-17-14-37(15-18(2)34-17)30(38)11-9-22-19(3)29(35-20(22)4)13-24-23-12-21(8-10-28(23)36-31(24)39)42(40,41)16-25-26(32)6-5-7-27(25)33/h5-8,10,12-13,17-18,34-35H,9,11,14-16H2,1-4H3,(H,36,39)/t17-,18+. The average molecular weight is 630 g/mol. The molecule has 3 heterocycles. The first-order valence-corrected chi connectivity index (χ1v) is 16.3. The van der Waals surface area contributed by atoms with Crippen molar-refractivity contribution in [2.45, 2.75) is 63.3 Å². The molecule has 2 aromatic carbocycles. The fourth-order valence-corrected chi connectivity index (χ4v) is 7.97. The van der Waals surface area contributed by atoms with Gasteiger partial charge in [0.1, 0.15) is 0 Å². The highest BCUT2D eigenvalue weighted by Crippen LogP contribution is 2.37. The van der Waals surface area contributed by atoms with Crippen molar-refractivity contribution < 1.29 is 18.0 Å². The molecule has 0 aliphatic carbocycles. The van der Waals surface area contributed by atoms with E-state index in [1.165, 1.54) is 12.1 Å². The smallest absolute Gasteiger partial charge is 0.256 e. The van der Waals surface area contributed by atoms with E-state index in [0.717, 1.165) is 22.5 Å². The van der Waals surface area contributed by atoms with Crippen LogP contribution in [0.5, 0.6) is 0 Å². The van der Waals surface area contributed by atoms with Crippen molar-refractivity contribution in [2.75, 3.05) is 18.4 Å². The number of halogens is 2. The number of carbonyl (C=O) groups excluding carboxylic acids is 2. The number of amides is 2. The normalized spacial score (nSPS) is 19.7. The van der Waals surface area contributed by atoms with Gasteiger partial charge in [-0.1, -0.05) is 29.3 Å². The van der Waals surface area contributed by atoms with Gasteiger partial charge >= 0.3 is 0 Å². The van der Waals surface area contributed by atoms with Crippen LogP contribution in [0.1, 0.15) is 53.9 Å². The quantitative estimate of drug-likeness (QED) is 0.297. The Hall–Kier alpha value is -3.11. The molecule has 3 aromatic rings. The highest BCUT2D eigenvalue weighted by Gasteiger charge is 2.29. The van der Waals surface area contributed by atoms with E-state index in [0.29, 0.717) is 48.3 Å². The Balaban J connectivity index is 1.39. The van der Waals surface area contributed by atoms with Gasteiger partial charge in [0, 0.05) is 69.8 Å². The summed E-state index contributed by atoms with van der Waals surface area (Å²) in [6.07, 6.45) is 2.73. The zero-order valence-corrected chi connectivity index (χ0v) is 26.3. The van der Waals surface area contributed by atoms with Gasteiger partial charge in [-0.3, -0.25) is 9.59 Å². The summed E-state index contributed by atoms with van der Waals surface area (Å²) in [6, 6.07) is 9.96. The molecular weight excluding hydrogens is 595 g/mol. The van der Waals surface area contributed by atoms with Crippen LogP contribution in [-0.2, 0) is 31.6 Å². The average Bonchev–Trinajstić information content (AvgIpc) is 3.37. The number of H-pyrrole nitrogens is 1. The number of hydrogen-bond donors (Lipinski definition) is 3. The van der Waals surface area contributed by atoms with E-state index < -0.39 is 9.84 Å². The number of sulfone groups is 1. The van der Waals surface area contributed by atoms with Crippen LogP contribution in [0.2, 0.25) is 10.0 Å². The molecule has 42 heavy (non-hydrogen) atoms.